The minimum atomic E-state index is -0.598. The summed E-state index contributed by atoms with van der Waals surface area (Å²) in [5, 5.41) is 3.56. The maximum Gasteiger partial charge on any atom is 0.230 e. The van der Waals surface area contributed by atoms with Crippen molar-refractivity contribution in [2.75, 3.05) is 12.4 Å². The molecule has 1 heterocycles. The van der Waals surface area contributed by atoms with Crippen LogP contribution in [0.5, 0.6) is 5.75 Å². The van der Waals surface area contributed by atoms with E-state index in [1.165, 1.54) is 0 Å². The number of carbonyl (C=O) groups is 2. The highest BCUT2D eigenvalue weighted by Crippen LogP contribution is 2.33. The first-order valence-electron chi connectivity index (χ1n) is 8.33. The third-order valence-electron chi connectivity index (χ3n) is 4.07. The average Bonchev–Trinajstić information content (AvgIpc) is 2.99. The number of para-hydroxylation sites is 1. The quantitative estimate of drug-likeness (QED) is 0.694. The molecule has 0 aliphatic heterocycles. The zero-order valence-corrected chi connectivity index (χ0v) is 15.3. The second kappa shape index (κ2) is 6.67. The normalized spacial score (nSPS) is 11.4. The lowest BCUT2D eigenvalue weighted by atomic mass is 9.95. The summed E-state index contributed by atoms with van der Waals surface area (Å²) in [5.41, 5.74) is 0.810. The maximum atomic E-state index is 13.0. The molecule has 1 amide bonds. The van der Waals surface area contributed by atoms with Crippen LogP contribution >= 0.6 is 0 Å². The molecule has 0 aliphatic carbocycles. The summed E-state index contributed by atoms with van der Waals surface area (Å²) in [6.45, 7) is 5.45. The van der Waals surface area contributed by atoms with Crippen LogP contribution in [0.4, 0.5) is 5.69 Å². The van der Waals surface area contributed by atoms with E-state index in [0.717, 1.165) is 0 Å². The van der Waals surface area contributed by atoms with Crippen LogP contribution in [-0.4, -0.2) is 18.8 Å². The standard InChI is InChI=1S/C21H21NO4/c1-21(2,3)20(24)22-17-15-7-5-6-8-16(15)26-19(17)18(23)13-9-11-14(25-4)12-10-13/h5-12H,1-4H3,(H,22,24). The first-order valence-corrected chi connectivity index (χ1v) is 8.33. The van der Waals surface area contributed by atoms with Crippen molar-refractivity contribution in [3.63, 3.8) is 0 Å². The first-order chi connectivity index (χ1) is 12.3. The monoisotopic (exact) mass is 351 g/mol. The summed E-state index contributed by atoms with van der Waals surface area (Å²) in [5.74, 6) is 0.294. The Hall–Kier alpha value is -3.08. The van der Waals surface area contributed by atoms with Crippen molar-refractivity contribution in [3.8, 4) is 5.75 Å². The molecule has 0 saturated carbocycles. The van der Waals surface area contributed by atoms with Gasteiger partial charge in [-0.05, 0) is 36.4 Å². The van der Waals surface area contributed by atoms with E-state index in [2.05, 4.69) is 5.32 Å². The van der Waals surface area contributed by atoms with E-state index in [9.17, 15) is 9.59 Å². The van der Waals surface area contributed by atoms with Gasteiger partial charge < -0.3 is 14.5 Å². The van der Waals surface area contributed by atoms with E-state index in [1.807, 2.05) is 39.0 Å². The molecule has 1 aromatic heterocycles. The minimum absolute atomic E-state index is 0.119. The van der Waals surface area contributed by atoms with Crippen LogP contribution in [0.2, 0.25) is 0 Å². The number of furan rings is 1. The number of methoxy groups -OCH3 is 1. The molecule has 5 nitrogen and oxygen atoms in total. The minimum Gasteiger partial charge on any atom is -0.497 e. The number of hydrogen-bond donors (Lipinski definition) is 1. The number of hydrogen-bond acceptors (Lipinski definition) is 4. The Morgan fingerprint density at radius 2 is 1.65 bits per heavy atom. The summed E-state index contributed by atoms with van der Waals surface area (Å²) in [7, 11) is 1.57. The van der Waals surface area contributed by atoms with E-state index in [1.54, 1.807) is 37.4 Å². The Kier molecular flexibility index (Phi) is 4.55. The van der Waals surface area contributed by atoms with Crippen molar-refractivity contribution < 1.29 is 18.7 Å². The van der Waals surface area contributed by atoms with Crippen molar-refractivity contribution >= 4 is 28.3 Å². The van der Waals surface area contributed by atoms with Crippen LogP contribution in [-0.2, 0) is 4.79 Å². The summed E-state index contributed by atoms with van der Waals surface area (Å²) in [6, 6.07) is 14.0. The molecule has 3 rings (SSSR count). The highest BCUT2D eigenvalue weighted by molar-refractivity contribution is 6.17. The number of benzene rings is 2. The van der Waals surface area contributed by atoms with Gasteiger partial charge in [-0.25, -0.2) is 0 Å². The molecular weight excluding hydrogens is 330 g/mol. The summed E-state index contributed by atoms with van der Waals surface area (Å²) < 4.78 is 10.9. The SMILES string of the molecule is COc1ccc(C(=O)c2oc3ccccc3c2NC(=O)C(C)(C)C)cc1. The maximum absolute atomic E-state index is 13.0. The van der Waals surface area contributed by atoms with Crippen molar-refractivity contribution in [2.24, 2.45) is 5.41 Å². The van der Waals surface area contributed by atoms with E-state index in [-0.39, 0.29) is 17.5 Å². The van der Waals surface area contributed by atoms with Crippen molar-refractivity contribution in [1.29, 1.82) is 0 Å². The number of amides is 1. The van der Waals surface area contributed by atoms with Gasteiger partial charge in [0.2, 0.25) is 11.7 Å². The smallest absolute Gasteiger partial charge is 0.230 e. The summed E-state index contributed by atoms with van der Waals surface area (Å²) >= 11 is 0. The third kappa shape index (κ3) is 3.33. The van der Waals surface area contributed by atoms with Crippen molar-refractivity contribution in [1.82, 2.24) is 0 Å². The number of anilines is 1. The number of nitrogens with one attached hydrogen (secondary N) is 1. The first kappa shape index (κ1) is 17.7. The summed E-state index contributed by atoms with van der Waals surface area (Å²) in [4.78, 5) is 25.5. The highest BCUT2D eigenvalue weighted by atomic mass is 16.5. The molecule has 134 valence electrons. The second-order valence-corrected chi connectivity index (χ2v) is 7.06. The van der Waals surface area contributed by atoms with Gasteiger partial charge in [0.25, 0.3) is 0 Å². The molecule has 0 atom stereocenters. The number of rotatable bonds is 4. The predicted octanol–water partition coefficient (Wildman–Crippen LogP) is 4.66. The molecule has 0 fully saturated rings. The molecule has 2 aromatic carbocycles. The van der Waals surface area contributed by atoms with Gasteiger partial charge in [0.1, 0.15) is 11.3 Å². The van der Waals surface area contributed by atoms with E-state index in [0.29, 0.717) is 28.0 Å². The molecule has 0 spiro atoms. The molecule has 0 saturated heterocycles. The van der Waals surface area contributed by atoms with Gasteiger partial charge >= 0.3 is 0 Å². The number of carbonyl (C=O) groups excluding carboxylic acids is 2. The van der Waals surface area contributed by atoms with Crippen LogP contribution in [0.1, 0.15) is 36.9 Å². The molecule has 0 bridgehead atoms. The summed E-state index contributed by atoms with van der Waals surface area (Å²) in [6.07, 6.45) is 0. The molecule has 26 heavy (non-hydrogen) atoms. The Bertz CT molecular complexity index is 962. The lowest BCUT2D eigenvalue weighted by molar-refractivity contribution is -0.123. The average molecular weight is 351 g/mol. The van der Waals surface area contributed by atoms with Crippen molar-refractivity contribution in [3.05, 3.63) is 59.9 Å². The molecule has 0 unspecified atom stereocenters. The van der Waals surface area contributed by atoms with E-state index in [4.69, 9.17) is 9.15 Å². The molecule has 0 aliphatic rings. The Balaban J connectivity index is 2.07. The van der Waals surface area contributed by atoms with Gasteiger partial charge in [-0.2, -0.15) is 0 Å². The van der Waals surface area contributed by atoms with Gasteiger partial charge in [-0.3, -0.25) is 9.59 Å². The van der Waals surface area contributed by atoms with Crippen LogP contribution in [0, 0.1) is 5.41 Å². The van der Waals surface area contributed by atoms with Crippen LogP contribution in [0.25, 0.3) is 11.0 Å². The van der Waals surface area contributed by atoms with Gasteiger partial charge in [0, 0.05) is 16.4 Å². The lowest BCUT2D eigenvalue weighted by Gasteiger charge is -2.17. The van der Waals surface area contributed by atoms with E-state index >= 15 is 0 Å². The zero-order valence-electron chi connectivity index (χ0n) is 15.3. The number of fused-ring (bicyclic) bond motifs is 1. The zero-order chi connectivity index (χ0) is 18.9. The topological polar surface area (TPSA) is 68.5 Å². The fraction of sp³-hybridized carbons (Fsp3) is 0.238. The molecule has 3 aromatic rings. The van der Waals surface area contributed by atoms with E-state index < -0.39 is 5.41 Å². The fourth-order valence-corrected chi connectivity index (χ4v) is 2.50. The van der Waals surface area contributed by atoms with Gasteiger partial charge in [0.15, 0.2) is 5.76 Å². The lowest BCUT2D eigenvalue weighted by Crippen LogP contribution is -2.28. The third-order valence-corrected chi connectivity index (χ3v) is 4.07. The van der Waals surface area contributed by atoms with Gasteiger partial charge in [-0.1, -0.05) is 32.9 Å². The Morgan fingerprint density at radius 3 is 2.27 bits per heavy atom. The number of ketones is 1. The van der Waals surface area contributed by atoms with Crippen LogP contribution in [0.3, 0.4) is 0 Å². The molecule has 5 heteroatoms. The Morgan fingerprint density at radius 1 is 1.00 bits per heavy atom. The number of ether oxygens (including phenoxy) is 1. The fourth-order valence-electron chi connectivity index (χ4n) is 2.50. The predicted molar refractivity (Wildman–Crippen MR) is 101 cm³/mol. The van der Waals surface area contributed by atoms with Gasteiger partial charge in [0.05, 0.1) is 12.8 Å². The largest absolute Gasteiger partial charge is 0.497 e. The highest BCUT2D eigenvalue weighted by Gasteiger charge is 2.27. The molecule has 1 N–H and O–H groups in total. The van der Waals surface area contributed by atoms with Crippen LogP contribution in [0.15, 0.2) is 52.9 Å². The van der Waals surface area contributed by atoms with Gasteiger partial charge in [-0.15, -0.1) is 0 Å². The molecular formula is C21H21NO4. The van der Waals surface area contributed by atoms with Crippen molar-refractivity contribution in [2.45, 2.75) is 20.8 Å². The second-order valence-electron chi connectivity index (χ2n) is 7.06. The van der Waals surface area contributed by atoms with Crippen LogP contribution < -0.4 is 10.1 Å². The molecule has 0 radical (unpaired) electrons. The Labute approximate surface area is 152 Å².